The van der Waals surface area contributed by atoms with Gasteiger partial charge in [-0.15, -0.1) is 10.2 Å². The number of hydrogen-bond acceptors (Lipinski definition) is 6. The second-order valence-electron chi connectivity index (χ2n) is 5.07. The highest BCUT2D eigenvalue weighted by Crippen LogP contribution is 2.17. The maximum atomic E-state index is 11.8. The van der Waals surface area contributed by atoms with Crippen LogP contribution in [0.5, 0.6) is 0 Å². The van der Waals surface area contributed by atoms with Gasteiger partial charge in [-0.3, -0.25) is 10.1 Å². The molecule has 0 aliphatic carbocycles. The zero-order valence-electron chi connectivity index (χ0n) is 12.4. The van der Waals surface area contributed by atoms with Crippen LogP contribution in [0.1, 0.15) is 26.7 Å². The minimum atomic E-state index is -0.808. The molecule has 1 aromatic heterocycles. The third-order valence-corrected chi connectivity index (χ3v) is 2.95. The Morgan fingerprint density at radius 1 is 1.29 bits per heavy atom. The van der Waals surface area contributed by atoms with E-state index < -0.39 is 5.54 Å². The van der Waals surface area contributed by atoms with E-state index >= 15 is 0 Å². The number of ether oxygens (including phenoxy) is 1. The first-order valence-corrected chi connectivity index (χ1v) is 6.83. The highest BCUT2D eigenvalue weighted by Gasteiger charge is 2.29. The van der Waals surface area contributed by atoms with Crippen molar-refractivity contribution in [3.05, 3.63) is 36.2 Å². The number of carbonyl (C=O) groups excluding carboxylic acids is 1. The van der Waals surface area contributed by atoms with E-state index in [-0.39, 0.29) is 5.97 Å². The molecule has 1 N–H and O–H groups in total. The van der Waals surface area contributed by atoms with Crippen molar-refractivity contribution in [3.8, 4) is 11.5 Å². The van der Waals surface area contributed by atoms with E-state index in [1.165, 1.54) is 0 Å². The summed E-state index contributed by atoms with van der Waals surface area (Å²) in [5.41, 5.74) is 0.0538. The topological polar surface area (TPSA) is 77.2 Å². The highest BCUT2D eigenvalue weighted by molar-refractivity contribution is 5.79. The first kappa shape index (κ1) is 15.2. The lowest BCUT2D eigenvalue weighted by Crippen LogP contribution is -2.47. The molecule has 2 aromatic rings. The number of hydrogen-bond donors (Lipinski definition) is 1. The second kappa shape index (κ2) is 6.49. The standard InChI is InChI=1S/C15H19N3O3/c1-4-20-14(19)15(2,3)16-10-12-17-18-13(21-12)11-8-6-5-7-9-11/h5-9,16H,4,10H2,1-3H3. The molecule has 6 heteroatoms. The van der Waals surface area contributed by atoms with Gasteiger partial charge >= 0.3 is 5.97 Å². The molecule has 0 amide bonds. The molecule has 0 aliphatic heterocycles. The summed E-state index contributed by atoms with van der Waals surface area (Å²) in [6.45, 7) is 5.92. The molecule has 0 atom stereocenters. The average Bonchev–Trinajstić information content (AvgIpc) is 2.95. The van der Waals surface area contributed by atoms with Crippen molar-refractivity contribution in [1.29, 1.82) is 0 Å². The Labute approximate surface area is 123 Å². The lowest BCUT2D eigenvalue weighted by molar-refractivity contribution is -0.149. The van der Waals surface area contributed by atoms with Gasteiger partial charge < -0.3 is 9.15 Å². The van der Waals surface area contributed by atoms with Crippen LogP contribution in [0.3, 0.4) is 0 Å². The summed E-state index contributed by atoms with van der Waals surface area (Å²) in [4.78, 5) is 11.8. The van der Waals surface area contributed by atoms with E-state index in [0.717, 1.165) is 5.56 Å². The first-order valence-electron chi connectivity index (χ1n) is 6.83. The predicted molar refractivity (Wildman–Crippen MR) is 77.3 cm³/mol. The molecule has 112 valence electrons. The summed E-state index contributed by atoms with van der Waals surface area (Å²) in [6, 6.07) is 9.52. The molecule has 0 radical (unpaired) electrons. The van der Waals surface area contributed by atoms with Gasteiger partial charge in [0, 0.05) is 5.56 Å². The molecule has 2 rings (SSSR count). The van der Waals surface area contributed by atoms with E-state index in [2.05, 4.69) is 15.5 Å². The van der Waals surface area contributed by atoms with E-state index in [0.29, 0.717) is 24.9 Å². The Morgan fingerprint density at radius 2 is 2.00 bits per heavy atom. The fourth-order valence-corrected chi connectivity index (χ4v) is 1.70. The summed E-state index contributed by atoms with van der Waals surface area (Å²) >= 11 is 0. The van der Waals surface area contributed by atoms with Crippen LogP contribution in [-0.4, -0.2) is 28.3 Å². The van der Waals surface area contributed by atoms with E-state index in [9.17, 15) is 4.79 Å². The minimum absolute atomic E-state index is 0.297. The van der Waals surface area contributed by atoms with Crippen LogP contribution < -0.4 is 5.32 Å². The van der Waals surface area contributed by atoms with Crippen molar-refractivity contribution in [2.24, 2.45) is 0 Å². The number of nitrogens with one attached hydrogen (secondary N) is 1. The smallest absolute Gasteiger partial charge is 0.325 e. The van der Waals surface area contributed by atoms with Gasteiger partial charge in [0.2, 0.25) is 11.8 Å². The average molecular weight is 289 g/mol. The number of rotatable bonds is 6. The predicted octanol–water partition coefficient (Wildman–Crippen LogP) is 2.17. The SMILES string of the molecule is CCOC(=O)C(C)(C)NCc1nnc(-c2ccccc2)o1. The van der Waals surface area contributed by atoms with Crippen molar-refractivity contribution < 1.29 is 13.9 Å². The molecule has 1 aromatic carbocycles. The van der Waals surface area contributed by atoms with Crippen molar-refractivity contribution in [2.75, 3.05) is 6.61 Å². The third kappa shape index (κ3) is 3.88. The summed E-state index contributed by atoms with van der Waals surface area (Å²) in [5.74, 6) is 0.570. The Hall–Kier alpha value is -2.21. The van der Waals surface area contributed by atoms with Crippen molar-refractivity contribution in [1.82, 2.24) is 15.5 Å². The maximum Gasteiger partial charge on any atom is 0.325 e. The molecule has 0 bridgehead atoms. The largest absolute Gasteiger partial charge is 0.465 e. The van der Waals surface area contributed by atoms with Crippen molar-refractivity contribution in [2.45, 2.75) is 32.9 Å². The van der Waals surface area contributed by atoms with Gasteiger partial charge in [-0.25, -0.2) is 0 Å². The lowest BCUT2D eigenvalue weighted by Gasteiger charge is -2.22. The zero-order chi connectivity index (χ0) is 15.3. The minimum Gasteiger partial charge on any atom is -0.465 e. The number of esters is 1. The Bertz CT molecular complexity index is 593. The van der Waals surface area contributed by atoms with E-state index in [1.54, 1.807) is 20.8 Å². The summed E-state index contributed by atoms with van der Waals surface area (Å²) in [7, 11) is 0. The number of benzene rings is 1. The highest BCUT2D eigenvalue weighted by atomic mass is 16.5. The van der Waals surface area contributed by atoms with Gasteiger partial charge in [0.25, 0.3) is 0 Å². The van der Waals surface area contributed by atoms with Crippen LogP contribution in [0.4, 0.5) is 0 Å². The molecule has 6 nitrogen and oxygen atoms in total. The van der Waals surface area contributed by atoms with Gasteiger partial charge in [-0.1, -0.05) is 18.2 Å². The van der Waals surface area contributed by atoms with Gasteiger partial charge in [0.15, 0.2) is 0 Å². The van der Waals surface area contributed by atoms with E-state index in [4.69, 9.17) is 9.15 Å². The van der Waals surface area contributed by atoms with Crippen LogP contribution in [0, 0.1) is 0 Å². The molecule has 0 saturated carbocycles. The summed E-state index contributed by atoms with van der Waals surface area (Å²) in [5, 5.41) is 11.0. The van der Waals surface area contributed by atoms with Gasteiger partial charge in [0.1, 0.15) is 5.54 Å². The number of aromatic nitrogens is 2. The van der Waals surface area contributed by atoms with Crippen molar-refractivity contribution >= 4 is 5.97 Å². The third-order valence-electron chi connectivity index (χ3n) is 2.95. The lowest BCUT2D eigenvalue weighted by atomic mass is 10.1. The van der Waals surface area contributed by atoms with Crippen molar-refractivity contribution in [3.63, 3.8) is 0 Å². The molecule has 0 unspecified atom stereocenters. The van der Waals surface area contributed by atoms with Gasteiger partial charge in [-0.2, -0.15) is 0 Å². The normalized spacial score (nSPS) is 11.4. The van der Waals surface area contributed by atoms with Crippen LogP contribution in [0.15, 0.2) is 34.7 Å². The fraction of sp³-hybridized carbons (Fsp3) is 0.400. The van der Waals surface area contributed by atoms with E-state index in [1.807, 2.05) is 30.3 Å². The number of nitrogens with zero attached hydrogens (tertiary/aromatic N) is 2. The fourth-order valence-electron chi connectivity index (χ4n) is 1.70. The summed E-state index contributed by atoms with van der Waals surface area (Å²) in [6.07, 6.45) is 0. The molecule has 1 heterocycles. The molecule has 0 fully saturated rings. The van der Waals surface area contributed by atoms with Gasteiger partial charge in [-0.05, 0) is 32.9 Å². The molecule has 21 heavy (non-hydrogen) atoms. The second-order valence-corrected chi connectivity index (χ2v) is 5.07. The first-order chi connectivity index (χ1) is 10.0. The van der Waals surface area contributed by atoms with Crippen LogP contribution in [-0.2, 0) is 16.1 Å². The van der Waals surface area contributed by atoms with Crippen LogP contribution >= 0.6 is 0 Å². The zero-order valence-corrected chi connectivity index (χ0v) is 12.4. The Kier molecular flexibility index (Phi) is 4.70. The molecular formula is C15H19N3O3. The van der Waals surface area contributed by atoms with Crippen LogP contribution in [0.2, 0.25) is 0 Å². The maximum absolute atomic E-state index is 11.8. The molecule has 0 aliphatic rings. The monoisotopic (exact) mass is 289 g/mol. The molecule has 0 spiro atoms. The summed E-state index contributed by atoms with van der Waals surface area (Å²) < 4.78 is 10.6. The number of carbonyl (C=O) groups is 1. The Morgan fingerprint density at radius 3 is 2.67 bits per heavy atom. The molecular weight excluding hydrogens is 270 g/mol. The molecule has 0 saturated heterocycles. The van der Waals surface area contributed by atoms with Crippen LogP contribution in [0.25, 0.3) is 11.5 Å². The Balaban J connectivity index is 1.99. The van der Waals surface area contributed by atoms with Gasteiger partial charge in [0.05, 0.1) is 13.2 Å². The quantitative estimate of drug-likeness (QED) is 0.821.